The van der Waals surface area contributed by atoms with E-state index in [2.05, 4.69) is 35.6 Å². The van der Waals surface area contributed by atoms with Crippen LogP contribution in [0.1, 0.15) is 22.8 Å². The molecule has 2 heterocycles. The quantitative estimate of drug-likeness (QED) is 0.763. The van der Waals surface area contributed by atoms with Gasteiger partial charge in [0.25, 0.3) is 0 Å². The Hall–Kier alpha value is -1.54. The lowest BCUT2D eigenvalue weighted by Crippen LogP contribution is -2.28. The van der Waals surface area contributed by atoms with Crippen molar-refractivity contribution in [2.75, 3.05) is 6.54 Å². The number of furan rings is 1. The predicted molar refractivity (Wildman–Crippen MR) is 58.7 cm³/mol. The van der Waals surface area contributed by atoms with Crippen LogP contribution in [0.2, 0.25) is 0 Å². The van der Waals surface area contributed by atoms with E-state index < -0.39 is 0 Å². The third-order valence-corrected chi connectivity index (χ3v) is 2.98. The van der Waals surface area contributed by atoms with Crippen LogP contribution in [-0.2, 0) is 6.54 Å². The van der Waals surface area contributed by atoms with E-state index in [1.807, 2.05) is 6.07 Å². The molecule has 1 atom stereocenters. The van der Waals surface area contributed by atoms with E-state index in [-0.39, 0.29) is 0 Å². The van der Waals surface area contributed by atoms with E-state index in [9.17, 15) is 0 Å². The molecule has 2 heteroatoms. The van der Waals surface area contributed by atoms with Gasteiger partial charge in [0.05, 0.1) is 12.2 Å². The fourth-order valence-corrected chi connectivity index (χ4v) is 2.24. The summed E-state index contributed by atoms with van der Waals surface area (Å²) in [5.74, 6) is 1.42. The zero-order chi connectivity index (χ0) is 10.1. The number of hydrogen-bond donors (Lipinski definition) is 1. The van der Waals surface area contributed by atoms with Crippen molar-refractivity contribution >= 4 is 0 Å². The number of nitrogens with one attached hydrogen (secondary N) is 1. The molecule has 0 aliphatic carbocycles. The number of hydrogen-bond acceptors (Lipinski definition) is 2. The molecule has 1 aromatic carbocycles. The maximum absolute atomic E-state index is 5.49. The molecule has 1 aliphatic heterocycles. The van der Waals surface area contributed by atoms with Gasteiger partial charge in [0.1, 0.15) is 5.76 Å². The van der Waals surface area contributed by atoms with Crippen LogP contribution >= 0.6 is 0 Å². The maximum Gasteiger partial charge on any atom is 0.112 e. The zero-order valence-corrected chi connectivity index (χ0v) is 8.44. The largest absolute Gasteiger partial charge is 0.469 e. The van der Waals surface area contributed by atoms with E-state index in [4.69, 9.17) is 4.42 Å². The molecule has 2 nitrogen and oxygen atoms in total. The smallest absolute Gasteiger partial charge is 0.112 e. The Bertz CT molecular complexity index is 447. The van der Waals surface area contributed by atoms with Gasteiger partial charge in [-0.25, -0.2) is 0 Å². The van der Waals surface area contributed by atoms with E-state index in [0.29, 0.717) is 5.92 Å². The van der Waals surface area contributed by atoms with Gasteiger partial charge in [-0.2, -0.15) is 0 Å². The first-order valence-electron chi connectivity index (χ1n) is 5.27. The molecule has 0 fully saturated rings. The van der Waals surface area contributed by atoms with Gasteiger partial charge in [-0.3, -0.25) is 0 Å². The summed E-state index contributed by atoms with van der Waals surface area (Å²) < 4.78 is 5.49. The van der Waals surface area contributed by atoms with E-state index >= 15 is 0 Å². The number of fused-ring (bicyclic) bond motifs is 1. The van der Waals surface area contributed by atoms with Gasteiger partial charge in [-0.05, 0) is 23.3 Å². The van der Waals surface area contributed by atoms with Crippen LogP contribution in [-0.4, -0.2) is 6.54 Å². The summed E-state index contributed by atoms with van der Waals surface area (Å²) in [6.07, 6.45) is 1.74. The topological polar surface area (TPSA) is 25.2 Å². The molecule has 1 aliphatic rings. The Morgan fingerprint density at radius 1 is 1.13 bits per heavy atom. The van der Waals surface area contributed by atoms with Gasteiger partial charge in [-0.15, -0.1) is 0 Å². The summed E-state index contributed by atoms with van der Waals surface area (Å²) in [6, 6.07) is 12.6. The third-order valence-electron chi connectivity index (χ3n) is 2.98. The van der Waals surface area contributed by atoms with Crippen LogP contribution in [0, 0.1) is 0 Å². The molecule has 0 spiro atoms. The Balaban J connectivity index is 2.06. The molecule has 0 saturated heterocycles. The SMILES string of the molecule is c1coc(C2CNCc3ccccc32)c1. The van der Waals surface area contributed by atoms with Crippen molar-refractivity contribution < 1.29 is 4.42 Å². The van der Waals surface area contributed by atoms with E-state index in [1.54, 1.807) is 6.26 Å². The van der Waals surface area contributed by atoms with Crippen molar-refractivity contribution in [1.82, 2.24) is 5.32 Å². The van der Waals surface area contributed by atoms with Crippen molar-refractivity contribution in [1.29, 1.82) is 0 Å². The second-order valence-electron chi connectivity index (χ2n) is 3.90. The van der Waals surface area contributed by atoms with Gasteiger partial charge in [0, 0.05) is 13.1 Å². The van der Waals surface area contributed by atoms with Crippen molar-refractivity contribution in [3.05, 3.63) is 59.5 Å². The van der Waals surface area contributed by atoms with Crippen LogP contribution in [0.25, 0.3) is 0 Å². The average Bonchev–Trinajstić information content (AvgIpc) is 2.82. The molecule has 1 aromatic heterocycles. The maximum atomic E-state index is 5.49. The first-order valence-corrected chi connectivity index (χ1v) is 5.27. The summed E-state index contributed by atoms with van der Waals surface area (Å²) in [5.41, 5.74) is 2.77. The molecule has 0 radical (unpaired) electrons. The highest BCUT2D eigenvalue weighted by Crippen LogP contribution is 2.29. The highest BCUT2D eigenvalue weighted by molar-refractivity contribution is 5.37. The molecular weight excluding hydrogens is 186 g/mol. The summed E-state index contributed by atoms with van der Waals surface area (Å²) in [7, 11) is 0. The lowest BCUT2D eigenvalue weighted by atomic mass is 9.89. The standard InChI is InChI=1S/C13H13NO/c1-2-5-11-10(4-1)8-14-9-12(11)13-6-3-7-15-13/h1-7,12,14H,8-9H2. The van der Waals surface area contributed by atoms with Crippen molar-refractivity contribution in [2.24, 2.45) is 0 Å². The zero-order valence-electron chi connectivity index (χ0n) is 8.44. The lowest BCUT2D eigenvalue weighted by molar-refractivity contribution is 0.457. The van der Waals surface area contributed by atoms with Gasteiger partial charge < -0.3 is 9.73 Å². The van der Waals surface area contributed by atoms with Gasteiger partial charge in [-0.1, -0.05) is 24.3 Å². The third kappa shape index (κ3) is 1.47. The van der Waals surface area contributed by atoms with Crippen molar-refractivity contribution in [2.45, 2.75) is 12.5 Å². The number of benzene rings is 1. The fourth-order valence-electron chi connectivity index (χ4n) is 2.24. The first-order chi connectivity index (χ1) is 7.45. The Morgan fingerprint density at radius 2 is 2.07 bits per heavy atom. The monoisotopic (exact) mass is 199 g/mol. The molecule has 3 rings (SSSR count). The minimum atomic E-state index is 0.366. The summed E-state index contributed by atoms with van der Waals surface area (Å²) in [4.78, 5) is 0. The Labute approximate surface area is 88.9 Å². The van der Waals surface area contributed by atoms with Crippen molar-refractivity contribution in [3.8, 4) is 0 Å². The second kappa shape index (κ2) is 3.55. The first kappa shape index (κ1) is 8.74. The summed E-state index contributed by atoms with van der Waals surface area (Å²) in [5, 5.41) is 3.42. The minimum Gasteiger partial charge on any atom is -0.469 e. The normalized spacial score (nSPS) is 19.9. The second-order valence-corrected chi connectivity index (χ2v) is 3.90. The molecule has 1 unspecified atom stereocenters. The fraction of sp³-hybridized carbons (Fsp3) is 0.231. The molecule has 76 valence electrons. The van der Waals surface area contributed by atoms with Gasteiger partial charge >= 0.3 is 0 Å². The van der Waals surface area contributed by atoms with Crippen LogP contribution in [0.3, 0.4) is 0 Å². The molecule has 0 saturated carbocycles. The van der Waals surface area contributed by atoms with Crippen molar-refractivity contribution in [3.63, 3.8) is 0 Å². The predicted octanol–water partition coefficient (Wildman–Crippen LogP) is 2.51. The minimum absolute atomic E-state index is 0.366. The number of rotatable bonds is 1. The highest BCUT2D eigenvalue weighted by atomic mass is 16.3. The molecule has 0 amide bonds. The van der Waals surface area contributed by atoms with Crippen LogP contribution in [0.15, 0.2) is 47.1 Å². The molecule has 1 N–H and O–H groups in total. The van der Waals surface area contributed by atoms with Crippen LogP contribution < -0.4 is 5.32 Å². The Kier molecular flexibility index (Phi) is 2.07. The van der Waals surface area contributed by atoms with Gasteiger partial charge in [0.15, 0.2) is 0 Å². The van der Waals surface area contributed by atoms with E-state index in [0.717, 1.165) is 18.8 Å². The molecule has 2 aromatic rings. The van der Waals surface area contributed by atoms with E-state index in [1.165, 1.54) is 11.1 Å². The Morgan fingerprint density at radius 3 is 2.93 bits per heavy atom. The summed E-state index contributed by atoms with van der Waals surface area (Å²) in [6.45, 7) is 1.93. The highest BCUT2D eigenvalue weighted by Gasteiger charge is 2.22. The van der Waals surface area contributed by atoms with Crippen LogP contribution in [0.5, 0.6) is 0 Å². The van der Waals surface area contributed by atoms with Gasteiger partial charge in [0.2, 0.25) is 0 Å². The molecular formula is C13H13NO. The van der Waals surface area contributed by atoms with Crippen LogP contribution in [0.4, 0.5) is 0 Å². The average molecular weight is 199 g/mol. The summed E-state index contributed by atoms with van der Waals surface area (Å²) >= 11 is 0. The molecule has 15 heavy (non-hydrogen) atoms. The molecule has 0 bridgehead atoms. The lowest BCUT2D eigenvalue weighted by Gasteiger charge is -2.24.